The van der Waals surface area contributed by atoms with Crippen molar-refractivity contribution in [2.75, 3.05) is 4.90 Å². The van der Waals surface area contributed by atoms with Gasteiger partial charge in [-0.15, -0.1) is 0 Å². The Morgan fingerprint density at radius 3 is 2.78 bits per heavy atom. The topological polar surface area (TPSA) is 154 Å². The molecule has 4 N–H and O–H groups in total. The van der Waals surface area contributed by atoms with Crippen molar-refractivity contribution in [3.05, 3.63) is 53.2 Å². The molecule has 2 fully saturated rings. The molecule has 1 aromatic carbocycles. The molecule has 0 spiro atoms. The van der Waals surface area contributed by atoms with Gasteiger partial charge in [-0.1, -0.05) is 0 Å². The van der Waals surface area contributed by atoms with E-state index in [4.69, 9.17) is 4.74 Å². The predicted molar refractivity (Wildman–Crippen MR) is 124 cm³/mol. The van der Waals surface area contributed by atoms with Gasteiger partial charge in [0.1, 0.15) is 11.5 Å². The van der Waals surface area contributed by atoms with Crippen LogP contribution in [0.5, 0.6) is 11.6 Å². The molecule has 0 atom stereocenters. The number of hydrogen-bond donors (Lipinski definition) is 4. The number of fused-ring (bicyclic) bond motifs is 2. The zero-order chi connectivity index (χ0) is 25.1. The van der Waals surface area contributed by atoms with Gasteiger partial charge in [0.15, 0.2) is 17.2 Å². The summed E-state index contributed by atoms with van der Waals surface area (Å²) in [6, 6.07) is 5.23. The molecule has 1 aliphatic carbocycles. The Morgan fingerprint density at radius 1 is 1.28 bits per heavy atom. The van der Waals surface area contributed by atoms with Gasteiger partial charge < -0.3 is 20.1 Å². The number of aryl methyl sites for hydroxylation is 1. The van der Waals surface area contributed by atoms with Crippen LogP contribution in [0.15, 0.2) is 36.2 Å². The van der Waals surface area contributed by atoms with Gasteiger partial charge in [0.25, 0.3) is 5.91 Å². The number of ether oxygens (including phenoxy) is 1. The average molecular weight is 491 g/mol. The lowest BCUT2D eigenvalue weighted by atomic mass is 10.2. The van der Waals surface area contributed by atoms with Crippen LogP contribution in [0, 0.1) is 12.7 Å². The second kappa shape index (κ2) is 7.80. The molecular formula is C23H18FN7O5. The van der Waals surface area contributed by atoms with Gasteiger partial charge in [0.05, 0.1) is 6.20 Å². The highest BCUT2D eigenvalue weighted by molar-refractivity contribution is 6.14. The maximum Gasteiger partial charge on any atom is 0.413 e. The van der Waals surface area contributed by atoms with E-state index < -0.39 is 23.8 Å². The smallest absolute Gasteiger partial charge is 0.413 e. The predicted octanol–water partition coefficient (Wildman–Crippen LogP) is 3.28. The molecular weight excluding hydrogens is 473 g/mol. The van der Waals surface area contributed by atoms with Crippen molar-refractivity contribution in [3.63, 3.8) is 0 Å². The Balaban J connectivity index is 1.50. The molecule has 1 saturated heterocycles. The second-order valence-electron chi connectivity index (χ2n) is 8.53. The number of carbonyl (C=O) groups excluding carboxylic acids is 2. The van der Waals surface area contributed by atoms with Gasteiger partial charge >= 0.3 is 12.1 Å². The van der Waals surface area contributed by atoms with Crippen molar-refractivity contribution in [2.24, 2.45) is 0 Å². The fraction of sp³-hybridized carbons (Fsp3) is 0.174. The number of aromatic nitrogens is 4. The monoisotopic (exact) mass is 491 g/mol. The van der Waals surface area contributed by atoms with E-state index in [9.17, 15) is 19.5 Å². The third kappa shape index (κ3) is 3.57. The first-order chi connectivity index (χ1) is 17.3. The SMILES string of the molecule is Cc1cc2c(F)c(Oc3cc(N(C(=O)O)C4CC4)n4ncc(C=C5NC(=O)NC5=O)c4n3)ccc2[nH]1. The number of imide groups is 1. The van der Waals surface area contributed by atoms with Crippen LogP contribution in [0.4, 0.5) is 19.8 Å². The van der Waals surface area contributed by atoms with E-state index in [2.05, 4.69) is 25.7 Å². The minimum absolute atomic E-state index is 0.0267. The minimum atomic E-state index is -1.19. The zero-order valence-electron chi connectivity index (χ0n) is 18.7. The maximum absolute atomic E-state index is 15.2. The van der Waals surface area contributed by atoms with Crippen molar-refractivity contribution in [1.82, 2.24) is 30.2 Å². The number of hydrogen-bond acceptors (Lipinski definition) is 6. The van der Waals surface area contributed by atoms with Gasteiger partial charge in [-0.25, -0.2) is 14.0 Å². The number of nitrogens with zero attached hydrogens (tertiary/aromatic N) is 4. The van der Waals surface area contributed by atoms with Crippen LogP contribution in [-0.4, -0.2) is 48.8 Å². The molecule has 4 amide bonds. The third-order valence-corrected chi connectivity index (χ3v) is 5.89. The largest absolute Gasteiger partial charge is 0.465 e. The van der Waals surface area contributed by atoms with Crippen molar-refractivity contribution < 1.29 is 28.6 Å². The van der Waals surface area contributed by atoms with Crippen molar-refractivity contribution in [3.8, 4) is 11.6 Å². The number of anilines is 1. The quantitative estimate of drug-likeness (QED) is 0.247. The summed E-state index contributed by atoms with van der Waals surface area (Å²) in [7, 11) is 0. The number of rotatable bonds is 5. The molecule has 182 valence electrons. The summed E-state index contributed by atoms with van der Waals surface area (Å²) in [5, 5.41) is 19.0. The first-order valence-electron chi connectivity index (χ1n) is 11.0. The van der Waals surface area contributed by atoms with Crippen LogP contribution in [0.25, 0.3) is 22.6 Å². The second-order valence-corrected chi connectivity index (χ2v) is 8.53. The number of amides is 4. The van der Waals surface area contributed by atoms with Crippen LogP contribution in [0.2, 0.25) is 0 Å². The summed E-state index contributed by atoms with van der Waals surface area (Å²) in [4.78, 5) is 44.2. The van der Waals surface area contributed by atoms with Crippen LogP contribution in [0.1, 0.15) is 24.1 Å². The lowest BCUT2D eigenvalue weighted by Crippen LogP contribution is -2.33. The maximum atomic E-state index is 15.2. The van der Waals surface area contributed by atoms with Crippen LogP contribution in [0.3, 0.4) is 0 Å². The first kappa shape index (κ1) is 21.6. The lowest BCUT2D eigenvalue weighted by Gasteiger charge is -2.20. The van der Waals surface area contributed by atoms with Crippen LogP contribution in [-0.2, 0) is 4.79 Å². The number of benzene rings is 1. The highest BCUT2D eigenvalue weighted by atomic mass is 19.1. The first-order valence-corrected chi connectivity index (χ1v) is 11.0. The van der Waals surface area contributed by atoms with Gasteiger partial charge in [-0.05, 0) is 44.0 Å². The average Bonchev–Trinajstić information content (AvgIpc) is 3.31. The number of nitrogens with one attached hydrogen (secondary N) is 3. The molecule has 6 rings (SSSR count). The molecule has 1 saturated carbocycles. The highest BCUT2D eigenvalue weighted by Crippen LogP contribution is 2.36. The molecule has 0 unspecified atom stereocenters. The molecule has 2 aliphatic rings. The molecule has 0 bridgehead atoms. The summed E-state index contributed by atoms with van der Waals surface area (Å²) >= 11 is 0. The zero-order valence-corrected chi connectivity index (χ0v) is 18.7. The highest BCUT2D eigenvalue weighted by Gasteiger charge is 2.36. The number of aromatic amines is 1. The molecule has 4 heterocycles. The standard InChI is InChI=1S/C23H18FN7O5/c1-10-6-13-14(26-10)4-5-16(19(13)24)36-17-8-18(30(23(34)35)12-2-3-12)31-20(28-17)11(9-25-31)7-15-21(32)29-22(33)27-15/h4-9,12,26H,2-3H2,1H3,(H,34,35)(H2,27,29,32,33). The van der Waals surface area contributed by atoms with E-state index >= 15 is 4.39 Å². The van der Waals surface area contributed by atoms with E-state index in [0.717, 1.165) is 10.6 Å². The number of urea groups is 1. The lowest BCUT2D eigenvalue weighted by molar-refractivity contribution is -0.115. The Labute approximate surface area is 201 Å². The molecule has 4 aromatic rings. The van der Waals surface area contributed by atoms with Gasteiger partial charge in [0.2, 0.25) is 5.88 Å². The molecule has 13 heteroatoms. The van der Waals surface area contributed by atoms with Crippen molar-refractivity contribution in [2.45, 2.75) is 25.8 Å². The number of halogens is 1. The van der Waals surface area contributed by atoms with E-state index in [1.807, 2.05) is 6.92 Å². The van der Waals surface area contributed by atoms with Crippen LogP contribution < -0.4 is 20.3 Å². The summed E-state index contributed by atoms with van der Waals surface area (Å²) in [5.41, 5.74) is 1.82. The Morgan fingerprint density at radius 2 is 2.08 bits per heavy atom. The van der Waals surface area contributed by atoms with Crippen molar-refractivity contribution >= 4 is 46.5 Å². The molecule has 36 heavy (non-hydrogen) atoms. The number of carboxylic acid groups (broad SMARTS) is 1. The summed E-state index contributed by atoms with van der Waals surface area (Å²) in [6.07, 6.45) is 2.90. The van der Waals surface area contributed by atoms with Gasteiger partial charge in [0, 0.05) is 34.3 Å². The Bertz CT molecular complexity index is 1630. The molecule has 3 aromatic heterocycles. The van der Waals surface area contributed by atoms with Gasteiger partial charge in [-0.3, -0.25) is 15.0 Å². The fourth-order valence-corrected chi connectivity index (χ4v) is 4.16. The van der Waals surface area contributed by atoms with Crippen LogP contribution >= 0.6 is 0 Å². The van der Waals surface area contributed by atoms with E-state index in [-0.39, 0.29) is 34.8 Å². The van der Waals surface area contributed by atoms with Crippen molar-refractivity contribution in [1.29, 1.82) is 0 Å². The number of H-pyrrole nitrogens is 1. The van der Waals surface area contributed by atoms with E-state index in [1.54, 1.807) is 12.1 Å². The third-order valence-electron chi connectivity index (χ3n) is 5.89. The summed E-state index contributed by atoms with van der Waals surface area (Å²) in [5.74, 6) is -1.25. The van der Waals surface area contributed by atoms with E-state index in [0.29, 0.717) is 29.3 Å². The number of carbonyl (C=O) groups is 3. The Hall–Kier alpha value is -4.94. The Kier molecular flexibility index (Phi) is 4.67. The summed E-state index contributed by atoms with van der Waals surface area (Å²) < 4.78 is 22.3. The summed E-state index contributed by atoms with van der Waals surface area (Å²) in [6.45, 7) is 1.81. The normalized spacial score (nSPS) is 16.6. The molecule has 1 aliphatic heterocycles. The molecule has 0 radical (unpaired) electrons. The fourth-order valence-electron chi connectivity index (χ4n) is 4.16. The van der Waals surface area contributed by atoms with Gasteiger partial charge in [-0.2, -0.15) is 14.6 Å². The van der Waals surface area contributed by atoms with E-state index in [1.165, 1.54) is 28.9 Å². The molecule has 12 nitrogen and oxygen atoms in total. The minimum Gasteiger partial charge on any atom is -0.465 e.